The number of hydrogen-bond donors (Lipinski definition) is 0. The second-order valence-corrected chi connectivity index (χ2v) is 5.54. The summed E-state index contributed by atoms with van der Waals surface area (Å²) >= 11 is 0. The molecule has 0 bridgehead atoms. The van der Waals surface area contributed by atoms with Crippen LogP contribution in [0, 0.1) is 17.6 Å². The summed E-state index contributed by atoms with van der Waals surface area (Å²) in [7, 11) is 0. The molecular weight excluding hydrogens is 250 g/mol. The Morgan fingerprint density at radius 3 is 2.53 bits per heavy atom. The van der Waals surface area contributed by atoms with Crippen LogP contribution >= 0.6 is 0 Å². The maximum Gasteiger partial charge on any atom is 0.172 e. The Hall–Kier alpha value is -1.29. The van der Waals surface area contributed by atoms with Crippen molar-refractivity contribution in [2.45, 2.75) is 37.7 Å². The van der Waals surface area contributed by atoms with Gasteiger partial charge in [-0.15, -0.1) is 0 Å². The van der Waals surface area contributed by atoms with Gasteiger partial charge in [-0.1, -0.05) is 6.07 Å². The SMILES string of the molecule is O=C(c1c(F)cccc1F)C1CCOC2(CCC2)C1. The molecule has 0 amide bonds. The van der Waals surface area contributed by atoms with Crippen LogP contribution in [0.3, 0.4) is 0 Å². The van der Waals surface area contributed by atoms with Crippen molar-refractivity contribution in [1.29, 1.82) is 0 Å². The molecule has 2 nitrogen and oxygen atoms in total. The van der Waals surface area contributed by atoms with Crippen LogP contribution in [0.2, 0.25) is 0 Å². The van der Waals surface area contributed by atoms with Gasteiger partial charge in [0.2, 0.25) is 0 Å². The van der Waals surface area contributed by atoms with Gasteiger partial charge >= 0.3 is 0 Å². The van der Waals surface area contributed by atoms with Gasteiger partial charge in [-0.2, -0.15) is 0 Å². The predicted molar refractivity (Wildman–Crippen MR) is 65.9 cm³/mol. The van der Waals surface area contributed by atoms with E-state index in [0.717, 1.165) is 31.4 Å². The average Bonchev–Trinajstić information content (AvgIpc) is 2.37. The maximum atomic E-state index is 13.7. The fraction of sp³-hybridized carbons (Fsp3) is 0.533. The minimum Gasteiger partial charge on any atom is -0.375 e. The molecule has 4 heteroatoms. The quantitative estimate of drug-likeness (QED) is 0.766. The van der Waals surface area contributed by atoms with Gasteiger partial charge in [-0.25, -0.2) is 8.78 Å². The Labute approximate surface area is 110 Å². The van der Waals surface area contributed by atoms with Crippen molar-refractivity contribution < 1.29 is 18.3 Å². The van der Waals surface area contributed by atoms with E-state index in [0.29, 0.717) is 19.4 Å². The zero-order chi connectivity index (χ0) is 13.5. The van der Waals surface area contributed by atoms with Crippen LogP contribution < -0.4 is 0 Å². The summed E-state index contributed by atoms with van der Waals surface area (Å²) in [6.07, 6.45) is 4.16. The Morgan fingerprint density at radius 2 is 1.95 bits per heavy atom. The van der Waals surface area contributed by atoms with Crippen molar-refractivity contribution in [3.8, 4) is 0 Å². The highest BCUT2D eigenvalue weighted by atomic mass is 19.1. The molecule has 2 aliphatic rings. The molecule has 1 saturated heterocycles. The molecule has 1 aliphatic carbocycles. The number of Topliss-reactive ketones (excluding diaryl/α,β-unsaturated/α-hetero) is 1. The zero-order valence-electron chi connectivity index (χ0n) is 10.6. The van der Waals surface area contributed by atoms with Crippen LogP contribution in [0.1, 0.15) is 42.5 Å². The molecule has 3 rings (SSSR count). The van der Waals surface area contributed by atoms with E-state index in [1.807, 2.05) is 0 Å². The summed E-state index contributed by atoms with van der Waals surface area (Å²) < 4.78 is 33.0. The second kappa shape index (κ2) is 4.67. The number of rotatable bonds is 2. The summed E-state index contributed by atoms with van der Waals surface area (Å²) in [5.41, 5.74) is -0.579. The molecule has 19 heavy (non-hydrogen) atoms. The van der Waals surface area contributed by atoms with Crippen molar-refractivity contribution in [1.82, 2.24) is 0 Å². The van der Waals surface area contributed by atoms with Crippen LogP contribution in [-0.2, 0) is 4.74 Å². The summed E-state index contributed by atoms with van der Waals surface area (Å²) in [5, 5.41) is 0. The molecule has 0 radical (unpaired) electrons. The van der Waals surface area contributed by atoms with Gasteiger partial charge in [0.15, 0.2) is 5.78 Å². The fourth-order valence-electron chi connectivity index (χ4n) is 3.11. The number of halogens is 2. The molecule has 1 spiro atoms. The Bertz CT molecular complexity index is 489. The lowest BCUT2D eigenvalue weighted by molar-refractivity contribution is -0.137. The van der Waals surface area contributed by atoms with E-state index >= 15 is 0 Å². The van der Waals surface area contributed by atoms with Crippen LogP contribution in [0.5, 0.6) is 0 Å². The Kier molecular flexibility index (Phi) is 3.13. The van der Waals surface area contributed by atoms with E-state index in [2.05, 4.69) is 0 Å². The Balaban J connectivity index is 1.83. The fourth-order valence-corrected chi connectivity index (χ4v) is 3.11. The van der Waals surface area contributed by atoms with Gasteiger partial charge in [0.25, 0.3) is 0 Å². The molecule has 1 aromatic rings. The minimum absolute atomic E-state index is 0.194. The molecule has 1 unspecified atom stereocenters. The third kappa shape index (κ3) is 2.18. The highest BCUT2D eigenvalue weighted by molar-refractivity contribution is 5.98. The third-order valence-corrected chi connectivity index (χ3v) is 4.34. The molecule has 1 heterocycles. The normalized spacial score (nSPS) is 25.1. The van der Waals surface area contributed by atoms with Crippen molar-refractivity contribution in [2.24, 2.45) is 5.92 Å². The number of carbonyl (C=O) groups is 1. The van der Waals surface area contributed by atoms with Crippen molar-refractivity contribution in [2.75, 3.05) is 6.61 Å². The van der Waals surface area contributed by atoms with Crippen LogP contribution in [0.4, 0.5) is 8.78 Å². The first-order valence-corrected chi connectivity index (χ1v) is 6.73. The van der Waals surface area contributed by atoms with Gasteiger partial charge in [0.1, 0.15) is 11.6 Å². The highest BCUT2D eigenvalue weighted by Gasteiger charge is 2.44. The van der Waals surface area contributed by atoms with Gasteiger partial charge in [-0.05, 0) is 44.2 Å². The van der Waals surface area contributed by atoms with Crippen molar-refractivity contribution >= 4 is 5.78 Å². The number of benzene rings is 1. The number of ketones is 1. The maximum absolute atomic E-state index is 13.7. The molecule has 0 aromatic heterocycles. The number of carbonyl (C=O) groups excluding carboxylic acids is 1. The first-order chi connectivity index (χ1) is 9.11. The van der Waals surface area contributed by atoms with Gasteiger partial charge in [0.05, 0.1) is 11.2 Å². The number of hydrogen-bond acceptors (Lipinski definition) is 2. The summed E-state index contributed by atoms with van der Waals surface area (Å²) in [4.78, 5) is 12.3. The molecule has 1 aromatic carbocycles. The van der Waals surface area contributed by atoms with Crippen LogP contribution in [-0.4, -0.2) is 18.0 Å². The van der Waals surface area contributed by atoms with E-state index in [-0.39, 0.29) is 17.1 Å². The largest absolute Gasteiger partial charge is 0.375 e. The lowest BCUT2D eigenvalue weighted by Crippen LogP contribution is -2.47. The second-order valence-electron chi connectivity index (χ2n) is 5.54. The van der Waals surface area contributed by atoms with Gasteiger partial charge in [-0.3, -0.25) is 4.79 Å². The topological polar surface area (TPSA) is 26.3 Å². The van der Waals surface area contributed by atoms with Crippen molar-refractivity contribution in [3.05, 3.63) is 35.4 Å². The smallest absolute Gasteiger partial charge is 0.172 e. The number of ether oxygens (including phenoxy) is 1. The molecule has 2 fully saturated rings. The molecular formula is C15H16F2O2. The van der Waals surface area contributed by atoms with Gasteiger partial charge < -0.3 is 4.74 Å². The Morgan fingerprint density at radius 1 is 1.26 bits per heavy atom. The molecule has 1 aliphatic heterocycles. The summed E-state index contributed by atoms with van der Waals surface area (Å²) in [6.45, 7) is 0.506. The molecule has 0 N–H and O–H groups in total. The lowest BCUT2D eigenvalue weighted by Gasteiger charge is -2.46. The monoisotopic (exact) mass is 266 g/mol. The molecule has 1 atom stereocenters. The van der Waals surface area contributed by atoms with Crippen LogP contribution in [0.15, 0.2) is 18.2 Å². The van der Waals surface area contributed by atoms with E-state index < -0.39 is 17.4 Å². The highest BCUT2D eigenvalue weighted by Crippen LogP contribution is 2.45. The van der Waals surface area contributed by atoms with E-state index in [9.17, 15) is 13.6 Å². The summed E-state index contributed by atoms with van der Waals surface area (Å²) in [5.74, 6) is -2.26. The molecule has 1 saturated carbocycles. The lowest BCUT2D eigenvalue weighted by atomic mass is 9.70. The molecule has 102 valence electrons. The first kappa shape index (κ1) is 12.7. The van der Waals surface area contributed by atoms with Crippen LogP contribution in [0.25, 0.3) is 0 Å². The van der Waals surface area contributed by atoms with E-state index in [1.165, 1.54) is 6.07 Å². The minimum atomic E-state index is -0.765. The summed E-state index contributed by atoms with van der Waals surface area (Å²) in [6, 6.07) is 3.54. The van der Waals surface area contributed by atoms with Gasteiger partial charge in [0, 0.05) is 12.5 Å². The first-order valence-electron chi connectivity index (χ1n) is 6.73. The average molecular weight is 266 g/mol. The predicted octanol–water partition coefficient (Wildman–Crippen LogP) is 3.50. The van der Waals surface area contributed by atoms with E-state index in [1.54, 1.807) is 0 Å². The van der Waals surface area contributed by atoms with Crippen molar-refractivity contribution in [3.63, 3.8) is 0 Å². The standard InChI is InChI=1S/C15H16F2O2/c16-11-3-1-4-12(17)13(11)14(18)10-5-8-19-15(9-10)6-2-7-15/h1,3-4,10H,2,5-9H2. The van der Waals surface area contributed by atoms with E-state index in [4.69, 9.17) is 4.74 Å². The third-order valence-electron chi connectivity index (χ3n) is 4.34. The zero-order valence-corrected chi connectivity index (χ0v) is 10.6.